The number of ether oxygens (including phenoxy) is 1. The largest absolute Gasteiger partial charge is 0.385 e. The molecular weight excluding hydrogens is 200 g/mol. The van der Waals surface area contributed by atoms with Gasteiger partial charge in [0.15, 0.2) is 0 Å². The Bertz CT molecular complexity index is 162. The zero-order valence-corrected chi connectivity index (χ0v) is 9.74. The molecule has 0 aromatic rings. The van der Waals surface area contributed by atoms with Gasteiger partial charge in [0.25, 0.3) is 0 Å². The molecule has 0 spiro atoms. The Morgan fingerprint density at radius 1 is 1.36 bits per heavy atom. The van der Waals surface area contributed by atoms with Gasteiger partial charge >= 0.3 is 0 Å². The van der Waals surface area contributed by atoms with Crippen LogP contribution < -0.4 is 5.32 Å². The lowest BCUT2D eigenvalue weighted by molar-refractivity contribution is 0.195. The van der Waals surface area contributed by atoms with Crippen LogP contribution in [0, 0.1) is 0 Å². The molecule has 1 heterocycles. The number of nitrogens with one attached hydrogen (secondary N) is 1. The lowest BCUT2D eigenvalue weighted by Crippen LogP contribution is -2.25. The molecule has 1 aliphatic heterocycles. The molecule has 0 amide bonds. The Balaban J connectivity index is 0.00000169. The van der Waals surface area contributed by atoms with Gasteiger partial charge in [-0.2, -0.15) is 0 Å². The smallest absolute Gasteiger partial charge is 0.0963 e. The highest BCUT2D eigenvalue weighted by Crippen LogP contribution is 2.05. The number of halogens is 1. The summed E-state index contributed by atoms with van der Waals surface area (Å²) >= 11 is 0. The number of methoxy groups -OCH3 is 1. The van der Waals surface area contributed by atoms with Crippen LogP contribution in [0.2, 0.25) is 0 Å². The van der Waals surface area contributed by atoms with Gasteiger partial charge < -0.3 is 10.1 Å². The summed E-state index contributed by atoms with van der Waals surface area (Å²) in [5, 5.41) is 3.37. The summed E-state index contributed by atoms with van der Waals surface area (Å²) in [7, 11) is 1.74. The highest BCUT2D eigenvalue weighted by Gasteiger charge is 2.02. The van der Waals surface area contributed by atoms with Crippen LogP contribution in [0.15, 0.2) is 4.99 Å². The quantitative estimate of drug-likeness (QED) is 0.736. The van der Waals surface area contributed by atoms with Crippen molar-refractivity contribution in [2.45, 2.75) is 32.1 Å². The maximum absolute atomic E-state index is 4.98. The molecule has 1 aliphatic rings. The lowest BCUT2D eigenvalue weighted by Gasteiger charge is -2.07. The summed E-state index contributed by atoms with van der Waals surface area (Å²) in [6.45, 7) is 2.83. The van der Waals surface area contributed by atoms with Gasteiger partial charge in [-0.1, -0.05) is 6.42 Å². The van der Waals surface area contributed by atoms with E-state index in [0.717, 1.165) is 32.5 Å². The normalized spacial score (nSPS) is 16.5. The monoisotopic (exact) mass is 220 g/mol. The zero-order valence-electron chi connectivity index (χ0n) is 8.92. The first-order chi connectivity index (χ1) is 6.43. The average Bonchev–Trinajstić information content (AvgIpc) is 2.41. The summed E-state index contributed by atoms with van der Waals surface area (Å²) in [6.07, 6.45) is 6.06. The van der Waals surface area contributed by atoms with Crippen LogP contribution in [-0.4, -0.2) is 32.6 Å². The molecule has 3 nitrogen and oxygen atoms in total. The standard InChI is InChI=1S/C10H20N2O.ClH/c1-13-9-5-8-12-10-6-3-2-4-7-11-10;/h2-9H2,1H3,(H,11,12);1H. The van der Waals surface area contributed by atoms with Crippen molar-refractivity contribution in [1.29, 1.82) is 0 Å². The molecule has 0 radical (unpaired) electrons. The molecule has 1 N–H and O–H groups in total. The molecule has 1 rings (SSSR count). The molecule has 0 aromatic heterocycles. The van der Waals surface area contributed by atoms with Gasteiger partial charge in [-0.25, -0.2) is 0 Å². The minimum Gasteiger partial charge on any atom is -0.385 e. The van der Waals surface area contributed by atoms with Crippen molar-refractivity contribution < 1.29 is 4.74 Å². The summed E-state index contributed by atoms with van der Waals surface area (Å²) in [4.78, 5) is 4.49. The Labute approximate surface area is 92.7 Å². The first kappa shape index (κ1) is 13.7. The summed E-state index contributed by atoms with van der Waals surface area (Å²) in [5.41, 5.74) is 0. The van der Waals surface area contributed by atoms with Crippen LogP contribution in [0.5, 0.6) is 0 Å². The fraction of sp³-hybridized carbons (Fsp3) is 0.900. The van der Waals surface area contributed by atoms with Gasteiger partial charge in [-0.05, 0) is 19.3 Å². The molecule has 0 atom stereocenters. The van der Waals surface area contributed by atoms with Crippen molar-refractivity contribution in [3.05, 3.63) is 0 Å². The van der Waals surface area contributed by atoms with Gasteiger partial charge in [0.1, 0.15) is 0 Å². The zero-order chi connectivity index (χ0) is 9.36. The van der Waals surface area contributed by atoms with Gasteiger partial charge in [-0.15, -0.1) is 12.4 Å². The van der Waals surface area contributed by atoms with Gasteiger partial charge in [0.05, 0.1) is 5.84 Å². The minimum atomic E-state index is 0. The average molecular weight is 221 g/mol. The van der Waals surface area contributed by atoms with Crippen LogP contribution in [0.1, 0.15) is 32.1 Å². The fourth-order valence-electron chi connectivity index (χ4n) is 1.47. The highest BCUT2D eigenvalue weighted by molar-refractivity contribution is 5.85. The molecule has 0 fully saturated rings. The van der Waals surface area contributed by atoms with Gasteiger partial charge in [-0.3, -0.25) is 4.99 Å². The number of rotatable bonds is 4. The third-order valence-electron chi connectivity index (χ3n) is 2.23. The number of hydrogen-bond acceptors (Lipinski definition) is 3. The van der Waals surface area contributed by atoms with Crippen LogP contribution in [0.4, 0.5) is 0 Å². The third-order valence-corrected chi connectivity index (χ3v) is 2.23. The Kier molecular flexibility index (Phi) is 9.10. The van der Waals surface area contributed by atoms with E-state index >= 15 is 0 Å². The van der Waals surface area contributed by atoms with E-state index < -0.39 is 0 Å². The van der Waals surface area contributed by atoms with Crippen molar-refractivity contribution in [3.63, 3.8) is 0 Å². The number of amidine groups is 1. The first-order valence-corrected chi connectivity index (χ1v) is 5.19. The van der Waals surface area contributed by atoms with Gasteiger partial charge in [0.2, 0.25) is 0 Å². The number of nitrogens with zero attached hydrogens (tertiary/aromatic N) is 1. The topological polar surface area (TPSA) is 33.6 Å². The second-order valence-corrected chi connectivity index (χ2v) is 3.41. The Hall–Kier alpha value is -0.280. The molecule has 84 valence electrons. The maximum atomic E-state index is 4.98. The van der Waals surface area contributed by atoms with E-state index in [1.54, 1.807) is 7.11 Å². The minimum absolute atomic E-state index is 0. The Morgan fingerprint density at radius 3 is 3.00 bits per heavy atom. The number of aliphatic imine (C=N–C) groups is 1. The molecule has 4 heteroatoms. The SMILES string of the molecule is COCCCNC1=NCCCCC1.Cl. The fourth-order valence-corrected chi connectivity index (χ4v) is 1.47. The van der Waals surface area contributed by atoms with Crippen molar-refractivity contribution in [2.24, 2.45) is 4.99 Å². The molecule has 0 bridgehead atoms. The van der Waals surface area contributed by atoms with Crippen molar-refractivity contribution >= 4 is 18.2 Å². The number of hydrogen-bond donors (Lipinski definition) is 1. The van der Waals surface area contributed by atoms with E-state index in [9.17, 15) is 0 Å². The molecule has 0 saturated carbocycles. The van der Waals surface area contributed by atoms with Crippen LogP contribution in [0.25, 0.3) is 0 Å². The second-order valence-electron chi connectivity index (χ2n) is 3.41. The molecule has 0 aromatic carbocycles. The Morgan fingerprint density at radius 2 is 2.21 bits per heavy atom. The molecule has 14 heavy (non-hydrogen) atoms. The summed E-state index contributed by atoms with van der Waals surface area (Å²) in [6, 6.07) is 0. The van der Waals surface area contributed by atoms with Crippen LogP contribution in [-0.2, 0) is 4.74 Å². The molecule has 0 aliphatic carbocycles. The molecule has 0 saturated heterocycles. The lowest BCUT2D eigenvalue weighted by atomic mass is 10.2. The van der Waals surface area contributed by atoms with E-state index in [2.05, 4.69) is 10.3 Å². The maximum Gasteiger partial charge on any atom is 0.0963 e. The van der Waals surface area contributed by atoms with Crippen LogP contribution in [0.3, 0.4) is 0 Å². The van der Waals surface area contributed by atoms with Gasteiger partial charge in [0, 0.05) is 33.2 Å². The third kappa shape index (κ3) is 6.22. The second kappa shape index (κ2) is 9.28. The predicted molar refractivity (Wildman–Crippen MR) is 62.5 cm³/mol. The molecule has 0 unspecified atom stereocenters. The van der Waals surface area contributed by atoms with E-state index in [1.165, 1.54) is 25.1 Å². The van der Waals surface area contributed by atoms with E-state index in [-0.39, 0.29) is 12.4 Å². The van der Waals surface area contributed by atoms with Crippen molar-refractivity contribution in [2.75, 3.05) is 26.8 Å². The van der Waals surface area contributed by atoms with Crippen LogP contribution >= 0.6 is 12.4 Å². The van der Waals surface area contributed by atoms with Crippen molar-refractivity contribution in [1.82, 2.24) is 5.32 Å². The summed E-state index contributed by atoms with van der Waals surface area (Å²) < 4.78 is 4.98. The predicted octanol–water partition coefficient (Wildman–Crippen LogP) is 2.01. The van der Waals surface area contributed by atoms with E-state index in [4.69, 9.17) is 4.74 Å². The van der Waals surface area contributed by atoms with E-state index in [1.807, 2.05) is 0 Å². The van der Waals surface area contributed by atoms with E-state index in [0.29, 0.717) is 0 Å². The first-order valence-electron chi connectivity index (χ1n) is 5.19. The summed E-state index contributed by atoms with van der Waals surface area (Å²) in [5.74, 6) is 1.20. The highest BCUT2D eigenvalue weighted by atomic mass is 35.5. The molecular formula is C10H21ClN2O. The van der Waals surface area contributed by atoms with Crippen molar-refractivity contribution in [3.8, 4) is 0 Å².